The van der Waals surface area contributed by atoms with Gasteiger partial charge < -0.3 is 5.32 Å². The van der Waals surface area contributed by atoms with Crippen molar-refractivity contribution in [2.45, 2.75) is 19.8 Å². The second-order valence-corrected chi connectivity index (χ2v) is 5.38. The summed E-state index contributed by atoms with van der Waals surface area (Å²) in [5.41, 5.74) is 0.532. The number of nitro groups is 1. The standard InChI is InChI=1S/C17H17FN2O3/c1-11(13-6-4-3-5-7-13)10-19-17(21)14-8-15(18)12(2)16(9-14)20(22)23/h3-9,11H,10H2,1-2H3,(H,19,21). The predicted molar refractivity (Wildman–Crippen MR) is 85.0 cm³/mol. The summed E-state index contributed by atoms with van der Waals surface area (Å²) in [6.07, 6.45) is 0. The lowest BCUT2D eigenvalue weighted by Gasteiger charge is -2.13. The summed E-state index contributed by atoms with van der Waals surface area (Å²) >= 11 is 0. The van der Waals surface area contributed by atoms with Gasteiger partial charge in [-0.05, 0) is 24.5 Å². The van der Waals surface area contributed by atoms with Crippen molar-refractivity contribution in [1.82, 2.24) is 5.32 Å². The highest BCUT2D eigenvalue weighted by Gasteiger charge is 2.19. The van der Waals surface area contributed by atoms with Gasteiger partial charge in [-0.1, -0.05) is 37.3 Å². The number of nitro benzene ring substituents is 1. The van der Waals surface area contributed by atoms with E-state index in [1.807, 2.05) is 37.3 Å². The van der Waals surface area contributed by atoms with Gasteiger partial charge in [0, 0.05) is 18.2 Å². The first kappa shape index (κ1) is 16.6. The molecule has 0 saturated heterocycles. The molecule has 1 atom stereocenters. The molecule has 0 fully saturated rings. The van der Waals surface area contributed by atoms with E-state index < -0.39 is 22.3 Å². The van der Waals surface area contributed by atoms with E-state index in [0.29, 0.717) is 6.54 Å². The first-order valence-corrected chi connectivity index (χ1v) is 7.18. The van der Waals surface area contributed by atoms with Crippen molar-refractivity contribution in [3.05, 3.63) is 75.1 Å². The molecule has 0 aromatic heterocycles. The van der Waals surface area contributed by atoms with Gasteiger partial charge in [0.15, 0.2) is 0 Å². The molecule has 0 aliphatic heterocycles. The first-order valence-electron chi connectivity index (χ1n) is 7.18. The SMILES string of the molecule is Cc1c(F)cc(C(=O)NCC(C)c2ccccc2)cc1[N+](=O)[O-]. The summed E-state index contributed by atoms with van der Waals surface area (Å²) in [7, 11) is 0. The molecule has 0 aliphatic carbocycles. The maximum absolute atomic E-state index is 13.7. The Kier molecular flexibility index (Phi) is 5.05. The van der Waals surface area contributed by atoms with E-state index in [-0.39, 0.29) is 17.0 Å². The molecule has 5 nitrogen and oxygen atoms in total. The lowest BCUT2D eigenvalue weighted by Crippen LogP contribution is -2.27. The molecule has 1 N–H and O–H groups in total. The molecule has 1 amide bonds. The van der Waals surface area contributed by atoms with Gasteiger partial charge in [-0.2, -0.15) is 0 Å². The van der Waals surface area contributed by atoms with Crippen molar-refractivity contribution >= 4 is 11.6 Å². The maximum Gasteiger partial charge on any atom is 0.276 e. The third-order valence-electron chi connectivity index (χ3n) is 3.71. The van der Waals surface area contributed by atoms with Gasteiger partial charge in [-0.3, -0.25) is 14.9 Å². The Morgan fingerprint density at radius 3 is 2.57 bits per heavy atom. The van der Waals surface area contributed by atoms with E-state index in [1.54, 1.807) is 0 Å². The summed E-state index contributed by atoms with van der Waals surface area (Å²) < 4.78 is 13.7. The molecule has 2 rings (SSSR count). The fourth-order valence-electron chi connectivity index (χ4n) is 2.23. The summed E-state index contributed by atoms with van der Waals surface area (Å²) in [4.78, 5) is 22.3. The van der Waals surface area contributed by atoms with Gasteiger partial charge in [-0.25, -0.2) is 4.39 Å². The molecule has 0 heterocycles. The third-order valence-corrected chi connectivity index (χ3v) is 3.71. The van der Waals surface area contributed by atoms with Crippen LogP contribution in [0.5, 0.6) is 0 Å². The quantitative estimate of drug-likeness (QED) is 0.677. The summed E-state index contributed by atoms with van der Waals surface area (Å²) in [5.74, 6) is -1.22. The smallest absolute Gasteiger partial charge is 0.276 e. The Balaban J connectivity index is 2.11. The van der Waals surface area contributed by atoms with Crippen LogP contribution in [-0.2, 0) is 0 Å². The minimum absolute atomic E-state index is 0.0555. The van der Waals surface area contributed by atoms with Crippen LogP contribution in [0.1, 0.15) is 34.3 Å². The topological polar surface area (TPSA) is 72.2 Å². The molecule has 0 aliphatic rings. The fourth-order valence-corrected chi connectivity index (χ4v) is 2.23. The average Bonchev–Trinajstić information content (AvgIpc) is 2.55. The maximum atomic E-state index is 13.7. The van der Waals surface area contributed by atoms with Crippen LogP contribution in [0, 0.1) is 22.9 Å². The Bertz CT molecular complexity index is 732. The zero-order chi connectivity index (χ0) is 17.0. The number of nitrogens with one attached hydrogen (secondary N) is 1. The number of rotatable bonds is 5. The summed E-state index contributed by atoms with van der Waals surface area (Å²) in [6.45, 7) is 3.62. The molecule has 0 radical (unpaired) electrons. The highest BCUT2D eigenvalue weighted by Crippen LogP contribution is 2.23. The third kappa shape index (κ3) is 3.91. The van der Waals surface area contributed by atoms with Crippen molar-refractivity contribution in [2.24, 2.45) is 0 Å². The molecular formula is C17H17FN2O3. The largest absolute Gasteiger partial charge is 0.351 e. The van der Waals surface area contributed by atoms with Crippen LogP contribution in [0.15, 0.2) is 42.5 Å². The fraction of sp³-hybridized carbons (Fsp3) is 0.235. The van der Waals surface area contributed by atoms with Crippen molar-refractivity contribution in [3.8, 4) is 0 Å². The number of amides is 1. The van der Waals surface area contributed by atoms with Gasteiger partial charge in [0.1, 0.15) is 5.82 Å². The normalized spacial score (nSPS) is 11.8. The Labute approximate surface area is 133 Å². The number of hydrogen-bond donors (Lipinski definition) is 1. The average molecular weight is 316 g/mol. The number of halogens is 1. The summed E-state index contributed by atoms with van der Waals surface area (Å²) in [5, 5.41) is 13.6. The Morgan fingerprint density at radius 2 is 1.96 bits per heavy atom. The van der Waals surface area contributed by atoms with Crippen LogP contribution in [0.25, 0.3) is 0 Å². The van der Waals surface area contributed by atoms with E-state index in [4.69, 9.17) is 0 Å². The van der Waals surface area contributed by atoms with Gasteiger partial charge in [0.2, 0.25) is 0 Å². The molecule has 2 aromatic rings. The van der Waals surface area contributed by atoms with Gasteiger partial charge in [-0.15, -0.1) is 0 Å². The zero-order valence-corrected chi connectivity index (χ0v) is 12.9. The van der Waals surface area contributed by atoms with Crippen molar-refractivity contribution < 1.29 is 14.1 Å². The van der Waals surface area contributed by atoms with E-state index in [1.165, 1.54) is 6.92 Å². The number of hydrogen-bond acceptors (Lipinski definition) is 3. The molecule has 0 saturated carbocycles. The van der Waals surface area contributed by atoms with Gasteiger partial charge in [0.25, 0.3) is 11.6 Å². The molecular weight excluding hydrogens is 299 g/mol. The van der Waals surface area contributed by atoms with E-state index >= 15 is 0 Å². The second kappa shape index (κ2) is 7.00. The first-order chi connectivity index (χ1) is 10.9. The van der Waals surface area contributed by atoms with Gasteiger partial charge in [0.05, 0.1) is 10.5 Å². The molecule has 6 heteroatoms. The van der Waals surface area contributed by atoms with Crippen LogP contribution in [0.2, 0.25) is 0 Å². The predicted octanol–water partition coefficient (Wildman–Crippen LogP) is 3.58. The lowest BCUT2D eigenvalue weighted by molar-refractivity contribution is -0.385. The molecule has 1 unspecified atom stereocenters. The molecule has 23 heavy (non-hydrogen) atoms. The van der Waals surface area contributed by atoms with Crippen LogP contribution in [-0.4, -0.2) is 17.4 Å². The lowest BCUT2D eigenvalue weighted by atomic mass is 10.0. The van der Waals surface area contributed by atoms with E-state index in [9.17, 15) is 19.3 Å². The number of carbonyl (C=O) groups is 1. The van der Waals surface area contributed by atoms with Gasteiger partial charge >= 0.3 is 0 Å². The number of carbonyl (C=O) groups excluding carboxylic acids is 1. The molecule has 2 aromatic carbocycles. The van der Waals surface area contributed by atoms with E-state index in [0.717, 1.165) is 17.7 Å². The van der Waals surface area contributed by atoms with Crippen LogP contribution >= 0.6 is 0 Å². The monoisotopic (exact) mass is 316 g/mol. The minimum Gasteiger partial charge on any atom is -0.351 e. The Morgan fingerprint density at radius 1 is 1.30 bits per heavy atom. The van der Waals surface area contributed by atoms with E-state index in [2.05, 4.69) is 5.32 Å². The second-order valence-electron chi connectivity index (χ2n) is 5.38. The number of benzene rings is 2. The molecule has 120 valence electrons. The van der Waals surface area contributed by atoms with Crippen LogP contribution < -0.4 is 5.32 Å². The number of nitrogens with zero attached hydrogens (tertiary/aromatic N) is 1. The zero-order valence-electron chi connectivity index (χ0n) is 12.9. The van der Waals surface area contributed by atoms with Crippen molar-refractivity contribution in [1.29, 1.82) is 0 Å². The highest BCUT2D eigenvalue weighted by atomic mass is 19.1. The van der Waals surface area contributed by atoms with Crippen molar-refractivity contribution in [3.63, 3.8) is 0 Å². The molecule has 0 spiro atoms. The van der Waals surface area contributed by atoms with Crippen LogP contribution in [0.3, 0.4) is 0 Å². The highest BCUT2D eigenvalue weighted by molar-refractivity contribution is 5.95. The van der Waals surface area contributed by atoms with Crippen molar-refractivity contribution in [2.75, 3.05) is 6.54 Å². The Hall–Kier alpha value is -2.76. The molecule has 0 bridgehead atoms. The summed E-state index contributed by atoms with van der Waals surface area (Å²) in [6, 6.07) is 11.7. The van der Waals surface area contributed by atoms with Crippen LogP contribution in [0.4, 0.5) is 10.1 Å². The minimum atomic E-state index is -0.763.